The summed E-state index contributed by atoms with van der Waals surface area (Å²) in [6, 6.07) is 0.0348. The summed E-state index contributed by atoms with van der Waals surface area (Å²) in [5, 5.41) is 14.3. The van der Waals surface area contributed by atoms with E-state index in [0.29, 0.717) is 6.54 Å². The largest absolute Gasteiger partial charge is 0.396 e. The van der Waals surface area contributed by atoms with Crippen LogP contribution in [0.2, 0.25) is 0 Å². The Morgan fingerprint density at radius 1 is 1.40 bits per heavy atom. The van der Waals surface area contributed by atoms with Crippen LogP contribution in [0.4, 0.5) is 4.79 Å². The lowest BCUT2D eigenvalue weighted by molar-refractivity contribution is 0.220. The van der Waals surface area contributed by atoms with Crippen molar-refractivity contribution in [1.29, 1.82) is 0 Å². The fourth-order valence-electron chi connectivity index (χ4n) is 1.28. The number of nitrogens with one attached hydrogen (secondary N) is 2. The first-order valence-electron chi connectivity index (χ1n) is 5.52. The van der Waals surface area contributed by atoms with Crippen LogP contribution in [0.3, 0.4) is 0 Å². The minimum absolute atomic E-state index is 0.0387. The number of hydrogen-bond donors (Lipinski definition) is 3. The van der Waals surface area contributed by atoms with Gasteiger partial charge in [0.15, 0.2) is 0 Å². The smallest absolute Gasteiger partial charge is 0.315 e. The highest BCUT2D eigenvalue weighted by Crippen LogP contribution is 2.20. The lowest BCUT2D eigenvalue weighted by atomic mass is 9.88. The van der Waals surface area contributed by atoms with E-state index in [1.54, 1.807) is 0 Å². The zero-order chi connectivity index (χ0) is 11.9. The van der Waals surface area contributed by atoms with Gasteiger partial charge in [-0.1, -0.05) is 13.8 Å². The van der Waals surface area contributed by atoms with Gasteiger partial charge in [0, 0.05) is 19.2 Å². The summed E-state index contributed by atoms with van der Waals surface area (Å²) in [7, 11) is 0. The molecule has 0 aromatic heterocycles. The van der Waals surface area contributed by atoms with Gasteiger partial charge in [0.25, 0.3) is 0 Å². The molecule has 0 spiro atoms. The molecule has 0 aromatic carbocycles. The van der Waals surface area contributed by atoms with Crippen molar-refractivity contribution in [3.05, 3.63) is 0 Å². The molecule has 0 aliphatic carbocycles. The Bertz CT molecular complexity index is 191. The Hall–Kier alpha value is -0.770. The maximum absolute atomic E-state index is 11.3. The molecule has 0 aromatic rings. The minimum atomic E-state index is -0.123. The molecular formula is C11H24N2O2. The first kappa shape index (κ1) is 14.2. The summed E-state index contributed by atoms with van der Waals surface area (Å²) in [6.45, 7) is 8.86. The van der Waals surface area contributed by atoms with Crippen molar-refractivity contribution < 1.29 is 9.90 Å². The molecule has 4 nitrogen and oxygen atoms in total. The third-order valence-corrected chi connectivity index (χ3v) is 2.16. The van der Waals surface area contributed by atoms with Crippen LogP contribution in [0.5, 0.6) is 0 Å². The van der Waals surface area contributed by atoms with Gasteiger partial charge in [-0.15, -0.1) is 0 Å². The number of carbonyl (C=O) groups excluding carboxylic acids is 1. The first-order chi connectivity index (χ1) is 6.87. The SMILES string of the molecule is CC(C)NC(=O)NCC(C)(C)CCCO. The van der Waals surface area contributed by atoms with E-state index in [0.717, 1.165) is 12.8 Å². The first-order valence-corrected chi connectivity index (χ1v) is 5.52. The maximum atomic E-state index is 11.3. The Morgan fingerprint density at radius 3 is 2.47 bits per heavy atom. The number of carbonyl (C=O) groups is 1. The second-order valence-electron chi connectivity index (χ2n) is 4.97. The topological polar surface area (TPSA) is 61.4 Å². The number of aliphatic hydroxyl groups is 1. The third-order valence-electron chi connectivity index (χ3n) is 2.16. The van der Waals surface area contributed by atoms with Crippen LogP contribution in [0.25, 0.3) is 0 Å². The van der Waals surface area contributed by atoms with Gasteiger partial charge in [-0.05, 0) is 32.1 Å². The molecule has 0 saturated heterocycles. The Balaban J connectivity index is 3.77. The molecular weight excluding hydrogens is 192 g/mol. The van der Waals surface area contributed by atoms with Gasteiger partial charge < -0.3 is 15.7 Å². The van der Waals surface area contributed by atoms with Crippen molar-refractivity contribution in [2.45, 2.75) is 46.6 Å². The lowest BCUT2D eigenvalue weighted by Crippen LogP contribution is -2.43. The molecule has 15 heavy (non-hydrogen) atoms. The fraction of sp³-hybridized carbons (Fsp3) is 0.909. The van der Waals surface area contributed by atoms with Crippen molar-refractivity contribution in [3.8, 4) is 0 Å². The number of amides is 2. The van der Waals surface area contributed by atoms with Crippen molar-refractivity contribution in [3.63, 3.8) is 0 Å². The number of aliphatic hydroxyl groups excluding tert-OH is 1. The third kappa shape index (κ3) is 8.24. The van der Waals surface area contributed by atoms with E-state index >= 15 is 0 Å². The quantitative estimate of drug-likeness (QED) is 0.630. The summed E-state index contributed by atoms with van der Waals surface area (Å²) in [5.74, 6) is 0. The number of hydrogen-bond acceptors (Lipinski definition) is 2. The van der Waals surface area contributed by atoms with Gasteiger partial charge in [-0.25, -0.2) is 4.79 Å². The van der Waals surface area contributed by atoms with E-state index in [-0.39, 0.29) is 24.1 Å². The fourth-order valence-corrected chi connectivity index (χ4v) is 1.28. The summed E-state index contributed by atoms with van der Waals surface area (Å²) in [4.78, 5) is 11.3. The summed E-state index contributed by atoms with van der Waals surface area (Å²) in [5.41, 5.74) is 0.0387. The van der Waals surface area contributed by atoms with E-state index in [9.17, 15) is 4.79 Å². The molecule has 0 heterocycles. The number of rotatable bonds is 6. The van der Waals surface area contributed by atoms with E-state index in [4.69, 9.17) is 5.11 Å². The van der Waals surface area contributed by atoms with E-state index in [1.807, 2.05) is 13.8 Å². The highest BCUT2D eigenvalue weighted by atomic mass is 16.2. The van der Waals surface area contributed by atoms with Gasteiger partial charge in [0.2, 0.25) is 0 Å². The maximum Gasteiger partial charge on any atom is 0.315 e. The Morgan fingerprint density at radius 2 is 2.00 bits per heavy atom. The molecule has 90 valence electrons. The van der Waals surface area contributed by atoms with Crippen LogP contribution in [-0.4, -0.2) is 30.3 Å². The standard InChI is InChI=1S/C11H24N2O2/c1-9(2)13-10(15)12-8-11(3,4)6-5-7-14/h9,14H,5-8H2,1-4H3,(H2,12,13,15). The van der Waals surface area contributed by atoms with Crippen LogP contribution in [0.15, 0.2) is 0 Å². The van der Waals surface area contributed by atoms with E-state index in [1.165, 1.54) is 0 Å². The van der Waals surface area contributed by atoms with Gasteiger partial charge in [-0.2, -0.15) is 0 Å². The average Bonchev–Trinajstić information content (AvgIpc) is 2.11. The molecule has 0 rings (SSSR count). The second-order valence-corrected chi connectivity index (χ2v) is 4.97. The Labute approximate surface area is 92.4 Å². The van der Waals surface area contributed by atoms with Crippen molar-refractivity contribution in [2.24, 2.45) is 5.41 Å². The second kappa shape index (κ2) is 6.67. The lowest BCUT2D eigenvalue weighted by Gasteiger charge is -2.25. The molecule has 0 saturated carbocycles. The zero-order valence-corrected chi connectivity index (χ0v) is 10.3. The molecule has 4 heteroatoms. The molecule has 0 bridgehead atoms. The molecule has 3 N–H and O–H groups in total. The Kier molecular flexibility index (Phi) is 6.32. The molecule has 0 atom stereocenters. The molecule has 0 radical (unpaired) electrons. The van der Waals surface area contributed by atoms with Crippen LogP contribution >= 0.6 is 0 Å². The summed E-state index contributed by atoms with van der Waals surface area (Å²) in [6.07, 6.45) is 1.69. The van der Waals surface area contributed by atoms with Crippen LogP contribution in [-0.2, 0) is 0 Å². The molecule has 2 amide bonds. The zero-order valence-electron chi connectivity index (χ0n) is 10.3. The molecule has 0 aliphatic heterocycles. The van der Waals surface area contributed by atoms with E-state index in [2.05, 4.69) is 24.5 Å². The normalized spacial score (nSPS) is 11.6. The molecule has 0 unspecified atom stereocenters. The van der Waals surface area contributed by atoms with Gasteiger partial charge in [-0.3, -0.25) is 0 Å². The predicted octanol–water partition coefficient (Wildman–Crippen LogP) is 1.49. The average molecular weight is 216 g/mol. The van der Waals surface area contributed by atoms with Crippen molar-refractivity contribution >= 4 is 6.03 Å². The van der Waals surface area contributed by atoms with Crippen LogP contribution in [0.1, 0.15) is 40.5 Å². The van der Waals surface area contributed by atoms with E-state index < -0.39 is 0 Å². The summed E-state index contributed by atoms with van der Waals surface area (Å²) < 4.78 is 0. The summed E-state index contributed by atoms with van der Waals surface area (Å²) >= 11 is 0. The number of urea groups is 1. The monoisotopic (exact) mass is 216 g/mol. The minimum Gasteiger partial charge on any atom is -0.396 e. The molecule has 0 aliphatic rings. The van der Waals surface area contributed by atoms with Crippen LogP contribution < -0.4 is 10.6 Å². The molecule has 0 fully saturated rings. The van der Waals surface area contributed by atoms with Gasteiger partial charge >= 0.3 is 6.03 Å². The van der Waals surface area contributed by atoms with Gasteiger partial charge in [0.05, 0.1) is 0 Å². The highest BCUT2D eigenvalue weighted by molar-refractivity contribution is 5.74. The highest BCUT2D eigenvalue weighted by Gasteiger charge is 2.18. The van der Waals surface area contributed by atoms with Crippen molar-refractivity contribution in [1.82, 2.24) is 10.6 Å². The predicted molar refractivity (Wildman–Crippen MR) is 61.8 cm³/mol. The van der Waals surface area contributed by atoms with Gasteiger partial charge in [0.1, 0.15) is 0 Å². The van der Waals surface area contributed by atoms with Crippen molar-refractivity contribution in [2.75, 3.05) is 13.2 Å². The van der Waals surface area contributed by atoms with Crippen LogP contribution in [0, 0.1) is 5.41 Å².